The molecule has 3 heteroatoms. The molecule has 2 unspecified atom stereocenters. The molecule has 2 rings (SSSR count). The monoisotopic (exact) mass is 260 g/mol. The van der Waals surface area contributed by atoms with Crippen LogP contribution in [0.3, 0.4) is 0 Å². The zero-order valence-corrected chi connectivity index (χ0v) is 12.1. The molecule has 1 aromatic rings. The van der Waals surface area contributed by atoms with Gasteiger partial charge in [-0.1, -0.05) is 25.0 Å². The second-order valence-corrected chi connectivity index (χ2v) is 6.04. The summed E-state index contributed by atoms with van der Waals surface area (Å²) in [5.74, 6) is 0.0852. The van der Waals surface area contributed by atoms with Crippen LogP contribution in [0.1, 0.15) is 38.2 Å². The first-order valence-electron chi connectivity index (χ1n) is 7.05. The molecule has 1 aromatic carbocycles. The van der Waals surface area contributed by atoms with Gasteiger partial charge in [-0.2, -0.15) is 0 Å². The van der Waals surface area contributed by atoms with E-state index in [4.69, 9.17) is 5.73 Å². The first kappa shape index (κ1) is 14.1. The molecule has 1 aliphatic rings. The highest BCUT2D eigenvalue weighted by Gasteiger charge is 2.39. The average Bonchev–Trinajstić information content (AvgIpc) is 2.36. The van der Waals surface area contributed by atoms with Gasteiger partial charge in [0.25, 0.3) is 0 Å². The third-order valence-electron chi connectivity index (χ3n) is 4.27. The molecule has 1 fully saturated rings. The number of nitrogens with two attached hydrogens (primary N) is 1. The van der Waals surface area contributed by atoms with Crippen LogP contribution < -0.4 is 10.6 Å². The molecule has 0 saturated heterocycles. The Morgan fingerprint density at radius 1 is 1.42 bits per heavy atom. The van der Waals surface area contributed by atoms with E-state index in [0.717, 1.165) is 36.9 Å². The Labute approximate surface area is 115 Å². The molecule has 0 aromatic heterocycles. The van der Waals surface area contributed by atoms with Crippen molar-refractivity contribution in [3.63, 3.8) is 0 Å². The van der Waals surface area contributed by atoms with Gasteiger partial charge in [-0.05, 0) is 44.4 Å². The summed E-state index contributed by atoms with van der Waals surface area (Å²) in [6.45, 7) is 4.05. The van der Waals surface area contributed by atoms with E-state index in [9.17, 15) is 4.79 Å². The molecule has 2 atom stereocenters. The summed E-state index contributed by atoms with van der Waals surface area (Å²) in [5.41, 5.74) is 8.07. The zero-order chi connectivity index (χ0) is 14.0. The highest BCUT2D eigenvalue weighted by Crippen LogP contribution is 2.33. The van der Waals surface area contributed by atoms with Crippen molar-refractivity contribution in [3.8, 4) is 0 Å². The fraction of sp³-hybridized carbons (Fsp3) is 0.562. The molecule has 0 radical (unpaired) electrons. The number of carbonyl (C=O) groups is 1. The fourth-order valence-electron chi connectivity index (χ4n) is 2.96. The second-order valence-electron chi connectivity index (χ2n) is 6.04. The fourth-order valence-corrected chi connectivity index (χ4v) is 2.96. The number of aryl methyl sites for hydroxylation is 1. The lowest BCUT2D eigenvalue weighted by molar-refractivity contribution is -0.125. The highest BCUT2D eigenvalue weighted by molar-refractivity contribution is 5.95. The number of nitrogens with zero attached hydrogens (tertiary/aromatic N) is 1. The molecule has 3 nitrogen and oxygen atoms in total. The SMILES string of the molecule is Cc1cccc(N(C)C(=O)C2CCCCC2(C)N)c1. The van der Waals surface area contributed by atoms with Crippen molar-refractivity contribution in [2.45, 2.75) is 45.1 Å². The van der Waals surface area contributed by atoms with Crippen LogP contribution in [-0.2, 0) is 4.79 Å². The van der Waals surface area contributed by atoms with Crippen molar-refractivity contribution in [1.29, 1.82) is 0 Å². The van der Waals surface area contributed by atoms with Gasteiger partial charge >= 0.3 is 0 Å². The topological polar surface area (TPSA) is 46.3 Å². The van der Waals surface area contributed by atoms with Crippen LogP contribution in [0.5, 0.6) is 0 Å². The minimum absolute atomic E-state index is 0.0632. The molecule has 1 aliphatic carbocycles. The summed E-state index contributed by atoms with van der Waals surface area (Å²) in [4.78, 5) is 14.4. The molecule has 0 heterocycles. The molecule has 0 spiro atoms. The summed E-state index contributed by atoms with van der Waals surface area (Å²) in [6.07, 6.45) is 4.07. The number of rotatable bonds is 2. The smallest absolute Gasteiger partial charge is 0.231 e. The number of amides is 1. The number of hydrogen-bond donors (Lipinski definition) is 1. The molecule has 2 N–H and O–H groups in total. The van der Waals surface area contributed by atoms with Crippen LogP contribution in [0.15, 0.2) is 24.3 Å². The van der Waals surface area contributed by atoms with Crippen molar-refractivity contribution in [1.82, 2.24) is 0 Å². The molecular formula is C16H24N2O. The van der Waals surface area contributed by atoms with E-state index in [2.05, 4.69) is 0 Å². The first-order chi connectivity index (χ1) is 8.92. The van der Waals surface area contributed by atoms with Crippen LogP contribution in [0, 0.1) is 12.8 Å². The Morgan fingerprint density at radius 2 is 2.16 bits per heavy atom. The van der Waals surface area contributed by atoms with E-state index in [1.54, 1.807) is 4.90 Å². The largest absolute Gasteiger partial charge is 0.325 e. The Morgan fingerprint density at radius 3 is 2.79 bits per heavy atom. The Hall–Kier alpha value is -1.35. The molecule has 19 heavy (non-hydrogen) atoms. The highest BCUT2D eigenvalue weighted by atomic mass is 16.2. The second kappa shape index (κ2) is 5.33. The normalized spacial score (nSPS) is 27.1. The lowest BCUT2D eigenvalue weighted by atomic mass is 9.74. The van der Waals surface area contributed by atoms with Gasteiger partial charge in [0.2, 0.25) is 5.91 Å². The van der Waals surface area contributed by atoms with Crippen molar-refractivity contribution in [3.05, 3.63) is 29.8 Å². The number of benzene rings is 1. The van der Waals surface area contributed by atoms with Crippen molar-refractivity contribution in [2.75, 3.05) is 11.9 Å². The average molecular weight is 260 g/mol. The summed E-state index contributed by atoms with van der Waals surface area (Å²) < 4.78 is 0. The Balaban J connectivity index is 2.19. The maximum absolute atomic E-state index is 12.7. The van der Waals surface area contributed by atoms with E-state index in [0.29, 0.717) is 0 Å². The van der Waals surface area contributed by atoms with Crippen molar-refractivity contribution >= 4 is 11.6 Å². The molecule has 0 bridgehead atoms. The summed E-state index contributed by atoms with van der Waals surface area (Å²) in [6, 6.07) is 8.03. The van der Waals surface area contributed by atoms with Crippen molar-refractivity contribution in [2.24, 2.45) is 11.7 Å². The van der Waals surface area contributed by atoms with Gasteiger partial charge in [-0.15, -0.1) is 0 Å². The minimum Gasteiger partial charge on any atom is -0.325 e. The van der Waals surface area contributed by atoms with E-state index in [-0.39, 0.29) is 17.4 Å². The minimum atomic E-state index is -0.368. The van der Waals surface area contributed by atoms with Gasteiger partial charge in [0.1, 0.15) is 0 Å². The Kier molecular flexibility index (Phi) is 3.95. The van der Waals surface area contributed by atoms with Gasteiger partial charge in [-0.3, -0.25) is 4.79 Å². The van der Waals surface area contributed by atoms with Crippen molar-refractivity contribution < 1.29 is 4.79 Å². The van der Waals surface area contributed by atoms with Gasteiger partial charge in [0, 0.05) is 18.3 Å². The molecule has 1 saturated carbocycles. The predicted molar refractivity (Wildman–Crippen MR) is 79.1 cm³/mol. The van der Waals surface area contributed by atoms with Gasteiger partial charge in [0.15, 0.2) is 0 Å². The third kappa shape index (κ3) is 2.98. The van der Waals surface area contributed by atoms with Crippen LogP contribution >= 0.6 is 0 Å². The van der Waals surface area contributed by atoms with E-state index in [1.165, 1.54) is 0 Å². The van der Waals surface area contributed by atoms with Gasteiger partial charge < -0.3 is 10.6 Å². The van der Waals surface area contributed by atoms with Gasteiger partial charge in [0.05, 0.1) is 5.92 Å². The lowest BCUT2D eigenvalue weighted by Gasteiger charge is -2.39. The van der Waals surface area contributed by atoms with Crippen LogP contribution in [0.2, 0.25) is 0 Å². The molecule has 104 valence electrons. The lowest BCUT2D eigenvalue weighted by Crippen LogP contribution is -2.53. The summed E-state index contributed by atoms with van der Waals surface area (Å²) >= 11 is 0. The molecule has 0 aliphatic heterocycles. The van der Waals surface area contributed by atoms with Crippen LogP contribution in [0.4, 0.5) is 5.69 Å². The Bertz CT molecular complexity index is 468. The summed E-state index contributed by atoms with van der Waals surface area (Å²) in [7, 11) is 1.85. The third-order valence-corrected chi connectivity index (χ3v) is 4.27. The van der Waals surface area contributed by atoms with E-state index >= 15 is 0 Å². The van der Waals surface area contributed by atoms with Gasteiger partial charge in [-0.25, -0.2) is 0 Å². The maximum Gasteiger partial charge on any atom is 0.231 e. The number of anilines is 1. The predicted octanol–water partition coefficient (Wildman–Crippen LogP) is 2.87. The summed E-state index contributed by atoms with van der Waals surface area (Å²) in [5, 5.41) is 0. The number of hydrogen-bond acceptors (Lipinski definition) is 2. The first-order valence-corrected chi connectivity index (χ1v) is 7.05. The number of carbonyl (C=O) groups excluding carboxylic acids is 1. The van der Waals surface area contributed by atoms with E-state index < -0.39 is 0 Å². The zero-order valence-electron chi connectivity index (χ0n) is 12.1. The molecule has 1 amide bonds. The quantitative estimate of drug-likeness (QED) is 0.888. The van der Waals surface area contributed by atoms with Crippen LogP contribution in [0.25, 0.3) is 0 Å². The maximum atomic E-state index is 12.7. The van der Waals surface area contributed by atoms with Crippen LogP contribution in [-0.4, -0.2) is 18.5 Å². The van der Waals surface area contributed by atoms with E-state index in [1.807, 2.05) is 45.2 Å². The standard InChI is InChI=1S/C16H24N2O/c1-12-7-6-8-13(11-12)18(3)15(19)14-9-4-5-10-16(14,2)17/h6-8,11,14H,4-5,9-10,17H2,1-3H3. The molecular weight excluding hydrogens is 236 g/mol.